The predicted octanol–water partition coefficient (Wildman–Crippen LogP) is 7.59. The number of halogens is 5. The first kappa shape index (κ1) is 23.8. The zero-order chi connectivity index (χ0) is 27.2. The monoisotopic (exact) mass is 549 g/mol. The molecule has 7 rings (SSSR count). The zero-order valence-corrected chi connectivity index (χ0v) is 20.6. The zero-order valence-electron chi connectivity index (χ0n) is 19.8. The van der Waals surface area contributed by atoms with Gasteiger partial charge in [0, 0.05) is 28.4 Å². The van der Waals surface area contributed by atoms with Gasteiger partial charge in [-0.3, -0.25) is 0 Å². The number of hydrogen-bond acceptors (Lipinski definition) is 3. The Balaban J connectivity index is 1.42. The first-order valence-electron chi connectivity index (χ1n) is 12.0. The van der Waals surface area contributed by atoms with Gasteiger partial charge in [-0.05, 0) is 47.5 Å². The third kappa shape index (κ3) is 3.16. The molecule has 0 amide bonds. The van der Waals surface area contributed by atoms with Crippen LogP contribution >= 0.6 is 0 Å². The van der Waals surface area contributed by atoms with Crippen LogP contribution < -0.4 is 4.90 Å². The number of para-hydroxylation sites is 1. The lowest BCUT2D eigenvalue weighted by molar-refractivity contribution is 0.381. The van der Waals surface area contributed by atoms with Gasteiger partial charge >= 0.3 is 0 Å². The molecule has 3 nitrogen and oxygen atoms in total. The fourth-order valence-electron chi connectivity index (χ4n) is 5.81. The Hall–Kier alpha value is -4.24. The smallest absolute Gasteiger partial charge is 0.207 e. The van der Waals surface area contributed by atoms with Gasteiger partial charge in [0.15, 0.2) is 23.3 Å². The summed E-state index contributed by atoms with van der Waals surface area (Å²) in [5.41, 5.74) is 1.72. The van der Waals surface area contributed by atoms with Gasteiger partial charge in [0.25, 0.3) is 0 Å². The summed E-state index contributed by atoms with van der Waals surface area (Å²) in [6.45, 7) is 0. The van der Waals surface area contributed by atoms with Crippen LogP contribution in [0.15, 0.2) is 94.8 Å². The number of hydrogen-bond donors (Lipinski definition) is 0. The lowest BCUT2D eigenvalue weighted by Gasteiger charge is -2.29. The fraction of sp³-hybridized carbons (Fsp3) is 0.0667. The van der Waals surface area contributed by atoms with E-state index in [1.165, 1.54) is 6.07 Å². The van der Waals surface area contributed by atoms with E-state index in [1.54, 1.807) is 12.1 Å². The maximum atomic E-state index is 14.6. The molecule has 2 atom stereocenters. The van der Waals surface area contributed by atoms with Crippen molar-refractivity contribution in [1.29, 1.82) is 0 Å². The van der Waals surface area contributed by atoms with Crippen LogP contribution in [0.4, 0.5) is 33.3 Å². The van der Waals surface area contributed by atoms with Gasteiger partial charge < -0.3 is 4.90 Å². The minimum absolute atomic E-state index is 0.000995. The molecule has 1 aliphatic carbocycles. The molecule has 4 aromatic carbocycles. The first-order valence-corrected chi connectivity index (χ1v) is 13.5. The Kier molecular flexibility index (Phi) is 4.97. The molecule has 39 heavy (non-hydrogen) atoms. The summed E-state index contributed by atoms with van der Waals surface area (Å²) in [6, 6.07) is 16.1. The van der Waals surface area contributed by atoms with Crippen molar-refractivity contribution in [1.82, 2.24) is 0 Å². The summed E-state index contributed by atoms with van der Waals surface area (Å²) in [7, 11) is -3.97. The van der Waals surface area contributed by atoms with Crippen LogP contribution in [0, 0.1) is 29.1 Å². The number of rotatable bonds is 2. The van der Waals surface area contributed by atoms with Crippen molar-refractivity contribution in [3.05, 3.63) is 120 Å². The van der Waals surface area contributed by atoms with Crippen molar-refractivity contribution in [2.24, 2.45) is 0 Å². The number of sulfone groups is 1. The molecule has 194 valence electrons. The molecule has 2 unspecified atom stereocenters. The molecular formula is C30H16F5NO2S. The largest absolute Gasteiger partial charge is 0.333 e. The van der Waals surface area contributed by atoms with Crippen molar-refractivity contribution < 1.29 is 30.4 Å². The molecule has 0 bridgehead atoms. The van der Waals surface area contributed by atoms with Gasteiger partial charge in [-0.2, -0.15) is 0 Å². The van der Waals surface area contributed by atoms with Gasteiger partial charge in [-0.1, -0.05) is 48.6 Å². The third-order valence-electron chi connectivity index (χ3n) is 7.55. The van der Waals surface area contributed by atoms with Crippen LogP contribution in [0.25, 0.3) is 22.3 Å². The Bertz CT molecular complexity index is 1890. The van der Waals surface area contributed by atoms with Crippen LogP contribution in [0.1, 0.15) is 11.5 Å². The van der Waals surface area contributed by atoms with Crippen LogP contribution in [-0.4, -0.2) is 14.5 Å². The van der Waals surface area contributed by atoms with Crippen molar-refractivity contribution >= 4 is 21.2 Å². The molecule has 9 heteroatoms. The second-order valence-electron chi connectivity index (χ2n) is 9.55. The highest BCUT2D eigenvalue weighted by Crippen LogP contribution is 2.51. The summed E-state index contributed by atoms with van der Waals surface area (Å²) in [4.78, 5) is 1.99. The van der Waals surface area contributed by atoms with Crippen LogP contribution in [-0.2, 0) is 9.84 Å². The number of allylic oxidation sites excluding steroid dienone is 2. The summed E-state index contributed by atoms with van der Waals surface area (Å²) in [5.74, 6) is -10.3. The molecular weight excluding hydrogens is 533 g/mol. The van der Waals surface area contributed by atoms with E-state index in [2.05, 4.69) is 17.1 Å². The van der Waals surface area contributed by atoms with E-state index in [0.29, 0.717) is 5.69 Å². The van der Waals surface area contributed by atoms with Crippen molar-refractivity contribution in [3.63, 3.8) is 0 Å². The van der Waals surface area contributed by atoms with Crippen molar-refractivity contribution in [3.8, 4) is 22.3 Å². The molecule has 0 saturated carbocycles. The standard InChI is InChI=1S/C30H16F5NO2S/c31-26-25(27(32)29(34)30(35)28(26)33)15-9-11-23-19(13-15)20-14-16(10-12-24(20)39(23,37)38)36-21-7-3-1-5-17(21)18-6-2-4-8-22(18)36/h1-14,17,21H. The molecule has 3 aliphatic rings. The minimum Gasteiger partial charge on any atom is -0.333 e. The topological polar surface area (TPSA) is 37.4 Å². The molecule has 4 aromatic rings. The molecule has 0 fully saturated rings. The Morgan fingerprint density at radius 2 is 1.28 bits per heavy atom. The average Bonchev–Trinajstić information content (AvgIpc) is 3.40. The van der Waals surface area contributed by atoms with E-state index in [0.717, 1.165) is 29.4 Å². The van der Waals surface area contributed by atoms with Gasteiger partial charge in [0.2, 0.25) is 15.7 Å². The second kappa shape index (κ2) is 8.13. The Labute approximate surface area is 220 Å². The highest BCUT2D eigenvalue weighted by Gasteiger charge is 2.39. The van der Waals surface area contributed by atoms with E-state index < -0.39 is 44.5 Å². The van der Waals surface area contributed by atoms with Crippen LogP contribution in [0.3, 0.4) is 0 Å². The van der Waals surface area contributed by atoms with Crippen LogP contribution in [0.5, 0.6) is 0 Å². The van der Waals surface area contributed by atoms with Crippen molar-refractivity contribution in [2.45, 2.75) is 21.8 Å². The van der Waals surface area contributed by atoms with E-state index in [1.807, 2.05) is 36.4 Å². The fourth-order valence-corrected chi connectivity index (χ4v) is 7.46. The second-order valence-corrected chi connectivity index (χ2v) is 11.4. The molecule has 0 radical (unpaired) electrons. The minimum atomic E-state index is -3.97. The highest BCUT2D eigenvalue weighted by atomic mass is 32.2. The molecule has 0 saturated heterocycles. The molecule has 2 heterocycles. The summed E-state index contributed by atoms with van der Waals surface area (Å²) in [5, 5.41) is 0. The average molecular weight is 550 g/mol. The Morgan fingerprint density at radius 3 is 2.03 bits per heavy atom. The third-order valence-corrected chi connectivity index (χ3v) is 9.42. The number of fused-ring (bicyclic) bond motifs is 6. The predicted molar refractivity (Wildman–Crippen MR) is 136 cm³/mol. The molecule has 2 aliphatic heterocycles. The first-order chi connectivity index (χ1) is 18.7. The van der Waals surface area contributed by atoms with E-state index in [4.69, 9.17) is 0 Å². The van der Waals surface area contributed by atoms with E-state index in [9.17, 15) is 30.4 Å². The highest BCUT2D eigenvalue weighted by molar-refractivity contribution is 7.92. The normalized spacial score (nSPS) is 19.6. The van der Waals surface area contributed by atoms with Gasteiger partial charge in [-0.15, -0.1) is 0 Å². The number of benzene rings is 4. The molecule has 0 N–H and O–H groups in total. The quantitative estimate of drug-likeness (QED) is 0.129. The summed E-state index contributed by atoms with van der Waals surface area (Å²) >= 11 is 0. The van der Waals surface area contributed by atoms with Gasteiger partial charge in [0.1, 0.15) is 0 Å². The van der Waals surface area contributed by atoms with Gasteiger partial charge in [0.05, 0.1) is 21.4 Å². The summed E-state index contributed by atoms with van der Waals surface area (Å²) < 4.78 is 97.3. The summed E-state index contributed by atoms with van der Waals surface area (Å²) in [6.07, 6.45) is 8.09. The lowest BCUT2D eigenvalue weighted by atomic mass is 9.91. The molecule has 0 spiro atoms. The van der Waals surface area contributed by atoms with E-state index in [-0.39, 0.29) is 38.4 Å². The maximum absolute atomic E-state index is 14.6. The maximum Gasteiger partial charge on any atom is 0.207 e. The van der Waals surface area contributed by atoms with Gasteiger partial charge in [-0.25, -0.2) is 30.4 Å². The van der Waals surface area contributed by atoms with Crippen LogP contribution in [0.2, 0.25) is 0 Å². The lowest BCUT2D eigenvalue weighted by Crippen LogP contribution is -2.28. The van der Waals surface area contributed by atoms with E-state index >= 15 is 0 Å². The number of nitrogens with zero attached hydrogens (tertiary/aromatic N) is 1. The Morgan fingerprint density at radius 1 is 0.667 bits per heavy atom. The van der Waals surface area contributed by atoms with Crippen molar-refractivity contribution in [2.75, 3.05) is 4.90 Å². The SMILES string of the molecule is O=S1(=O)c2ccc(-c3c(F)c(F)c(F)c(F)c3F)cc2-c2cc(N3c4ccccc4C4C=CC=CC43)ccc21. The number of anilines is 2. The molecule has 0 aromatic heterocycles.